The van der Waals surface area contributed by atoms with Gasteiger partial charge in [-0.15, -0.1) is 0 Å². The molecule has 0 aliphatic carbocycles. The molecule has 0 aliphatic heterocycles. The molecule has 5 heteroatoms. The first-order valence-corrected chi connectivity index (χ1v) is 10.3. The Balaban J connectivity index is 2.04. The fraction of sp³-hybridized carbons (Fsp3) is 0.286. The quantitative estimate of drug-likeness (QED) is 0.431. The number of benzene rings is 2. The van der Waals surface area contributed by atoms with Gasteiger partial charge in [0.1, 0.15) is 5.03 Å². The van der Waals surface area contributed by atoms with E-state index in [1.807, 2.05) is 18.2 Å². The molecule has 2 nitrogen and oxygen atoms in total. The van der Waals surface area contributed by atoms with Gasteiger partial charge in [-0.1, -0.05) is 72.2 Å². The van der Waals surface area contributed by atoms with Crippen molar-refractivity contribution in [3.8, 4) is 0 Å². The van der Waals surface area contributed by atoms with Crippen molar-refractivity contribution in [2.75, 3.05) is 0 Å². The monoisotopic (exact) mass is 404 g/mol. The maximum Gasteiger partial charge on any atom is 0.103 e. The van der Waals surface area contributed by atoms with Crippen LogP contribution in [-0.2, 0) is 6.42 Å². The predicted molar refractivity (Wildman–Crippen MR) is 112 cm³/mol. The maximum absolute atomic E-state index is 6.20. The highest BCUT2D eigenvalue weighted by Gasteiger charge is 2.20. The van der Waals surface area contributed by atoms with E-state index in [4.69, 9.17) is 28.3 Å². The standard InChI is InChI=1S/C21H22Cl2N2S/c1-4-14(2)25-21(26-19-12-17(22)11-18(23)13-19)20(15(3)24-25)10-16-8-6-5-7-9-16/h5-9,11-14H,4,10H2,1-3H3. The second kappa shape index (κ2) is 8.51. The summed E-state index contributed by atoms with van der Waals surface area (Å²) in [5.74, 6) is 0. The highest BCUT2D eigenvalue weighted by atomic mass is 35.5. The summed E-state index contributed by atoms with van der Waals surface area (Å²) in [4.78, 5) is 1.03. The van der Waals surface area contributed by atoms with E-state index in [-0.39, 0.29) is 0 Å². The number of aryl methyl sites for hydroxylation is 1. The topological polar surface area (TPSA) is 17.8 Å². The van der Waals surface area contributed by atoms with Crippen LogP contribution in [0.1, 0.15) is 43.1 Å². The van der Waals surface area contributed by atoms with Crippen molar-refractivity contribution < 1.29 is 0 Å². The zero-order valence-electron chi connectivity index (χ0n) is 15.2. The molecule has 0 amide bonds. The Morgan fingerprint density at radius 1 is 1.08 bits per heavy atom. The molecule has 0 N–H and O–H groups in total. The Morgan fingerprint density at radius 2 is 1.73 bits per heavy atom. The van der Waals surface area contributed by atoms with Gasteiger partial charge >= 0.3 is 0 Å². The van der Waals surface area contributed by atoms with Crippen molar-refractivity contribution in [2.24, 2.45) is 0 Å². The first-order valence-electron chi connectivity index (χ1n) is 8.73. The summed E-state index contributed by atoms with van der Waals surface area (Å²) in [5, 5.41) is 7.31. The maximum atomic E-state index is 6.20. The van der Waals surface area contributed by atoms with E-state index in [9.17, 15) is 0 Å². The summed E-state index contributed by atoms with van der Waals surface area (Å²) in [6, 6.07) is 16.5. The SMILES string of the molecule is CCC(C)n1nc(C)c(Cc2ccccc2)c1Sc1cc(Cl)cc(Cl)c1. The van der Waals surface area contributed by atoms with E-state index in [1.165, 1.54) is 16.2 Å². The third kappa shape index (κ3) is 4.46. The lowest BCUT2D eigenvalue weighted by atomic mass is 10.1. The van der Waals surface area contributed by atoms with Gasteiger partial charge in [0, 0.05) is 26.9 Å². The van der Waals surface area contributed by atoms with E-state index in [0.717, 1.165) is 23.4 Å². The largest absolute Gasteiger partial charge is 0.255 e. The molecule has 2 aromatic carbocycles. The first-order chi connectivity index (χ1) is 12.5. The van der Waals surface area contributed by atoms with E-state index in [1.54, 1.807) is 17.8 Å². The average Bonchev–Trinajstić information content (AvgIpc) is 2.90. The van der Waals surface area contributed by atoms with Gasteiger partial charge in [-0.25, -0.2) is 0 Å². The van der Waals surface area contributed by atoms with Gasteiger partial charge in [0.15, 0.2) is 0 Å². The molecule has 0 saturated carbocycles. The van der Waals surface area contributed by atoms with Gasteiger partial charge in [-0.3, -0.25) is 4.68 Å². The third-order valence-corrected chi connectivity index (χ3v) is 5.98. The summed E-state index contributed by atoms with van der Waals surface area (Å²) in [5.41, 5.74) is 3.62. The molecule has 3 rings (SSSR count). The highest BCUT2D eigenvalue weighted by molar-refractivity contribution is 7.99. The van der Waals surface area contributed by atoms with E-state index >= 15 is 0 Å². The van der Waals surface area contributed by atoms with Crippen molar-refractivity contribution in [3.05, 3.63) is 75.4 Å². The normalized spacial score (nSPS) is 12.3. The predicted octanol–water partition coefficient (Wildman–Crippen LogP) is 7.21. The molecule has 0 fully saturated rings. The minimum atomic E-state index is 0.329. The molecular formula is C21H22Cl2N2S. The zero-order chi connectivity index (χ0) is 18.7. The van der Waals surface area contributed by atoms with Gasteiger partial charge < -0.3 is 0 Å². The molecule has 0 aliphatic rings. The van der Waals surface area contributed by atoms with E-state index in [0.29, 0.717) is 16.1 Å². The lowest BCUT2D eigenvalue weighted by Gasteiger charge is -2.15. The van der Waals surface area contributed by atoms with Crippen LogP contribution in [0.15, 0.2) is 58.5 Å². The van der Waals surface area contributed by atoms with Crippen molar-refractivity contribution in [2.45, 2.75) is 49.6 Å². The Labute approximate surface area is 169 Å². The summed E-state index contributed by atoms with van der Waals surface area (Å²) >= 11 is 14.1. The second-order valence-corrected chi connectivity index (χ2v) is 8.38. The lowest BCUT2D eigenvalue weighted by Crippen LogP contribution is -2.07. The molecule has 3 aromatic rings. The van der Waals surface area contributed by atoms with Crippen molar-refractivity contribution >= 4 is 35.0 Å². The Bertz CT molecular complexity index is 870. The van der Waals surface area contributed by atoms with Gasteiger partial charge in [-0.05, 0) is 44.0 Å². The van der Waals surface area contributed by atoms with Gasteiger partial charge in [0.05, 0.1) is 11.7 Å². The number of hydrogen-bond acceptors (Lipinski definition) is 2. The summed E-state index contributed by atoms with van der Waals surface area (Å²) in [6.45, 7) is 6.48. The van der Waals surface area contributed by atoms with Crippen LogP contribution in [-0.4, -0.2) is 9.78 Å². The van der Waals surface area contributed by atoms with E-state index in [2.05, 4.69) is 49.7 Å². The zero-order valence-corrected chi connectivity index (χ0v) is 17.5. The van der Waals surface area contributed by atoms with Crippen LogP contribution in [0.2, 0.25) is 10.0 Å². The first kappa shape index (κ1) is 19.3. The molecule has 0 bridgehead atoms. The molecule has 136 valence electrons. The summed E-state index contributed by atoms with van der Waals surface area (Å²) < 4.78 is 2.15. The highest BCUT2D eigenvalue weighted by Crippen LogP contribution is 2.37. The third-order valence-electron chi connectivity index (χ3n) is 4.44. The number of aromatic nitrogens is 2. The van der Waals surface area contributed by atoms with Crippen LogP contribution in [0.3, 0.4) is 0 Å². The molecule has 26 heavy (non-hydrogen) atoms. The van der Waals surface area contributed by atoms with Crippen LogP contribution in [0, 0.1) is 6.92 Å². The lowest BCUT2D eigenvalue weighted by molar-refractivity contribution is 0.442. The fourth-order valence-corrected chi connectivity index (χ4v) is 4.75. The van der Waals surface area contributed by atoms with Crippen LogP contribution < -0.4 is 0 Å². The number of hydrogen-bond donors (Lipinski definition) is 0. The molecule has 0 radical (unpaired) electrons. The molecular weight excluding hydrogens is 383 g/mol. The van der Waals surface area contributed by atoms with Crippen LogP contribution in [0.4, 0.5) is 0 Å². The molecule has 1 atom stereocenters. The number of nitrogens with zero attached hydrogens (tertiary/aromatic N) is 2. The van der Waals surface area contributed by atoms with Crippen molar-refractivity contribution in [1.82, 2.24) is 9.78 Å². The van der Waals surface area contributed by atoms with Gasteiger partial charge in [0.2, 0.25) is 0 Å². The number of rotatable bonds is 6. The average molecular weight is 405 g/mol. The molecule has 1 heterocycles. The summed E-state index contributed by atoms with van der Waals surface area (Å²) in [6.07, 6.45) is 1.88. The minimum Gasteiger partial charge on any atom is -0.255 e. The molecule has 0 spiro atoms. The van der Waals surface area contributed by atoms with Crippen LogP contribution in [0.5, 0.6) is 0 Å². The Kier molecular flexibility index (Phi) is 6.33. The molecule has 1 unspecified atom stereocenters. The Hall–Kier alpha value is -1.42. The van der Waals surface area contributed by atoms with Crippen LogP contribution >= 0.6 is 35.0 Å². The Morgan fingerprint density at radius 3 is 2.35 bits per heavy atom. The van der Waals surface area contributed by atoms with E-state index < -0.39 is 0 Å². The van der Waals surface area contributed by atoms with Gasteiger partial charge in [0.25, 0.3) is 0 Å². The second-order valence-electron chi connectivity index (χ2n) is 6.44. The fourth-order valence-electron chi connectivity index (χ4n) is 2.84. The van der Waals surface area contributed by atoms with Gasteiger partial charge in [-0.2, -0.15) is 5.10 Å². The minimum absolute atomic E-state index is 0.329. The van der Waals surface area contributed by atoms with Crippen molar-refractivity contribution in [3.63, 3.8) is 0 Å². The molecule has 1 aromatic heterocycles. The van der Waals surface area contributed by atoms with Crippen molar-refractivity contribution in [1.29, 1.82) is 0 Å². The van der Waals surface area contributed by atoms with Crippen LogP contribution in [0.25, 0.3) is 0 Å². The smallest absolute Gasteiger partial charge is 0.103 e. The molecule has 0 saturated heterocycles. The number of halogens is 2. The summed E-state index contributed by atoms with van der Waals surface area (Å²) in [7, 11) is 0.